The van der Waals surface area contributed by atoms with Gasteiger partial charge in [0.1, 0.15) is 127 Å². The molecule has 0 saturated heterocycles. The number of aromatic hydroxyl groups is 20. The summed E-state index contributed by atoms with van der Waals surface area (Å²) in [6, 6.07) is 0. The summed E-state index contributed by atoms with van der Waals surface area (Å²) in [4.78, 5) is 12.0. The van der Waals surface area contributed by atoms with Crippen LogP contribution in [0.1, 0.15) is 0 Å². The molecule has 9 rings (SSSR count). The zero-order chi connectivity index (χ0) is 57.8. The highest BCUT2D eigenvalue weighted by Crippen LogP contribution is 2.58. The fourth-order valence-corrected chi connectivity index (χ4v) is 8.74. The van der Waals surface area contributed by atoms with Gasteiger partial charge in [-0.2, -0.15) is 0 Å². The molecule has 2 aromatic heterocycles. The maximum atomic E-state index is 12.4. The van der Waals surface area contributed by atoms with E-state index in [2.05, 4.69) is 15.0 Å². The minimum atomic E-state index is -1.59. The van der Waals surface area contributed by atoms with Crippen LogP contribution in [0.2, 0.25) is 0 Å². The van der Waals surface area contributed by atoms with Crippen molar-refractivity contribution in [3.8, 4) is 183 Å². The van der Waals surface area contributed by atoms with E-state index < -0.39 is 254 Å². The summed E-state index contributed by atoms with van der Waals surface area (Å²) in [6.07, 6.45) is 0. The van der Waals surface area contributed by atoms with Gasteiger partial charge in [0.2, 0.25) is 5.75 Å². The van der Waals surface area contributed by atoms with Gasteiger partial charge < -0.3 is 107 Å². The number of aromatic nitrogens is 3. The molecule has 78 heavy (non-hydrogen) atoms. The fraction of sp³-hybridized carbons (Fsp3) is 0. The van der Waals surface area contributed by atoms with E-state index in [0.29, 0.717) is 0 Å². The van der Waals surface area contributed by atoms with Crippen molar-refractivity contribution >= 4 is 142 Å². The number of nitrogens with zero attached hydrogens (tertiary/aromatic N) is 3. The topological polar surface area (TPSA) is 456 Å². The van der Waals surface area contributed by atoms with Gasteiger partial charge in [-0.1, -0.05) is 0 Å². The third-order valence-electron chi connectivity index (χ3n) is 12.7. The van der Waals surface area contributed by atoms with E-state index in [1.54, 1.807) is 0 Å². The Balaban J connectivity index is 1.42. The molecule has 7 aromatic carbocycles. The van der Waals surface area contributed by atoms with Crippen LogP contribution in [0.5, 0.6) is 115 Å². The zero-order valence-corrected chi connectivity index (χ0v) is 38.4. The predicted molar refractivity (Wildman–Crippen MR) is 282 cm³/mol. The summed E-state index contributed by atoms with van der Waals surface area (Å²) in [7, 11) is 54.4. The quantitative estimate of drug-likeness (QED) is 0.0421. The predicted octanol–water partition coefficient (Wildman–Crippen LogP) is -4.97. The van der Waals surface area contributed by atoms with Crippen LogP contribution >= 0.6 is 0 Å². The Bertz CT molecular complexity index is 4170. The van der Waals surface area contributed by atoms with Crippen molar-refractivity contribution in [3.63, 3.8) is 0 Å². The average Bonchev–Trinajstić information content (AvgIpc) is 3.84. The normalized spacial score (nSPS) is 11.5. The second kappa shape index (κ2) is 17.5. The highest BCUT2D eigenvalue weighted by Gasteiger charge is 2.37. The Labute approximate surface area is 444 Å². The van der Waals surface area contributed by atoms with Crippen molar-refractivity contribution in [3.05, 3.63) is 0 Å². The van der Waals surface area contributed by atoms with Crippen LogP contribution < -0.4 is 49.2 Å². The lowest BCUT2D eigenvalue weighted by molar-refractivity contribution is 0.365. The molecule has 0 bridgehead atoms. The fourth-order valence-electron chi connectivity index (χ4n) is 8.74. The van der Waals surface area contributed by atoms with E-state index in [1.165, 1.54) is 0 Å². The van der Waals surface area contributed by atoms with Gasteiger partial charge in [-0.05, 0) is 49.2 Å². The molecule has 9 aromatic rings. The number of phenolic OH excluding ortho intramolecular Hbond substituents is 20. The molecule has 0 fully saturated rings. The SMILES string of the molecule is [B]c1c(O)c(O)c(-c2c([B])c(O)c([B])c3c2oc2c(-c4c(O)c(O)c([B])c(-c5nc(-c6c(O)c([B])c(O)c(O)c6O)nc(-c6c(O)c(O)c(-c7c([B])c(O)c(O)c([B])c7O)c(O)c6O)n5)c4O)c([B])c(O)c([B])c23)c(O)c1O. The number of phenols is 20. The van der Waals surface area contributed by atoms with Crippen LogP contribution in [-0.2, 0) is 0 Å². The summed E-state index contributed by atoms with van der Waals surface area (Å²) in [5.74, 6) is -30.7. The highest BCUT2D eigenvalue weighted by atomic mass is 16.4. The lowest BCUT2D eigenvalue weighted by Crippen LogP contribution is -2.22. The van der Waals surface area contributed by atoms with E-state index in [-0.39, 0.29) is 0 Å². The van der Waals surface area contributed by atoms with Gasteiger partial charge in [-0.3, -0.25) is 0 Å². The molecule has 20 N–H and O–H groups in total. The van der Waals surface area contributed by atoms with E-state index in [0.717, 1.165) is 0 Å². The van der Waals surface area contributed by atoms with Crippen LogP contribution in [0, 0.1) is 0 Å². The third kappa shape index (κ3) is 6.82. The largest absolute Gasteiger partial charge is 0.509 e. The Kier molecular flexibility index (Phi) is 11.8. The lowest BCUT2D eigenvalue weighted by atomic mass is 9.73. The monoisotopic (exact) mass is 1040 g/mol. The van der Waals surface area contributed by atoms with Gasteiger partial charge in [-0.15, -0.1) is 0 Å². The first-order chi connectivity index (χ1) is 36.3. The third-order valence-corrected chi connectivity index (χ3v) is 12.7. The molecule has 0 atom stereocenters. The number of benzene rings is 7. The number of furan rings is 1. The Morgan fingerprint density at radius 2 is 0.436 bits per heavy atom. The Hall–Kier alpha value is -10.1. The molecule has 18 radical (unpaired) electrons. The van der Waals surface area contributed by atoms with Crippen molar-refractivity contribution in [1.29, 1.82) is 0 Å². The second-order valence-corrected chi connectivity index (χ2v) is 16.9. The van der Waals surface area contributed by atoms with Gasteiger partial charge in [0.15, 0.2) is 92.2 Å². The van der Waals surface area contributed by atoms with Crippen LogP contribution in [0.4, 0.5) is 0 Å². The molecule has 0 spiro atoms. The Morgan fingerprint density at radius 3 is 0.872 bits per heavy atom. The summed E-state index contributed by atoms with van der Waals surface area (Å²) < 4.78 is 6.13. The zero-order valence-electron chi connectivity index (χ0n) is 38.4. The van der Waals surface area contributed by atoms with Gasteiger partial charge in [0, 0.05) is 27.5 Å². The van der Waals surface area contributed by atoms with Crippen LogP contribution in [0.3, 0.4) is 0 Å². The first-order valence-corrected chi connectivity index (χ1v) is 21.1. The number of hydrogen-bond acceptors (Lipinski definition) is 24. The molecule has 2 heterocycles. The van der Waals surface area contributed by atoms with Gasteiger partial charge in [-0.25, -0.2) is 15.0 Å². The molecule has 368 valence electrons. The van der Waals surface area contributed by atoms with Crippen LogP contribution in [0.25, 0.3) is 89.5 Å². The van der Waals surface area contributed by atoms with Crippen molar-refractivity contribution in [2.75, 3.05) is 0 Å². The maximum absolute atomic E-state index is 12.4. The first kappa shape index (κ1) is 52.8. The summed E-state index contributed by atoms with van der Waals surface area (Å²) in [5.41, 5.74) is -19.6. The number of fused-ring (bicyclic) bond motifs is 3. The van der Waals surface area contributed by atoms with Crippen molar-refractivity contribution in [1.82, 2.24) is 15.0 Å². The molecule has 0 aliphatic carbocycles. The van der Waals surface area contributed by atoms with Crippen LogP contribution in [0.15, 0.2) is 4.42 Å². The molecule has 0 aliphatic rings. The van der Waals surface area contributed by atoms with Gasteiger partial charge >= 0.3 is 0 Å². The Morgan fingerprint density at radius 1 is 0.192 bits per heavy atom. The summed E-state index contributed by atoms with van der Waals surface area (Å²) in [6.45, 7) is 0. The first-order valence-electron chi connectivity index (χ1n) is 21.1. The standard InChI is InChI=1S/C45H20B9N3O21/c46-12-1(22(59)18(52)38(75)35(12)72)6-24(61)29(66)11(30(67)25(6)62)45-56-43(55-44(57-45)10-23(60)19(53)39(76)40(77)31(10)68)9-17(51)34(71)26(63)7(21(9)58)4-15(49)32(69)13(47)2-3-14(48)33(70)16(50)5(42(3)78-41(2)4)8-27(64)36(73)20(54)37(74)28(8)65/h58-77H. The molecule has 33 heteroatoms. The van der Waals surface area contributed by atoms with Gasteiger partial charge in [0.25, 0.3) is 0 Å². The van der Waals surface area contributed by atoms with Crippen LogP contribution in [-0.4, -0.2) is 188 Å². The summed E-state index contributed by atoms with van der Waals surface area (Å²) >= 11 is 0. The van der Waals surface area contributed by atoms with Crippen molar-refractivity contribution < 1.29 is 107 Å². The minimum Gasteiger partial charge on any atom is -0.509 e. The van der Waals surface area contributed by atoms with E-state index >= 15 is 0 Å². The average molecular weight is 1040 g/mol. The van der Waals surface area contributed by atoms with E-state index in [4.69, 9.17) is 75.0 Å². The number of rotatable bonds is 6. The number of hydrogen-bond donors (Lipinski definition) is 20. The van der Waals surface area contributed by atoms with E-state index in [1.807, 2.05) is 0 Å². The molecule has 0 saturated carbocycles. The minimum absolute atomic E-state index is 0.572. The van der Waals surface area contributed by atoms with Crippen molar-refractivity contribution in [2.24, 2.45) is 0 Å². The highest BCUT2D eigenvalue weighted by molar-refractivity contribution is 6.56. The van der Waals surface area contributed by atoms with Gasteiger partial charge in [0.05, 0.1) is 22.3 Å². The molecule has 0 amide bonds. The maximum Gasteiger partial charge on any atom is 0.200 e. The molecular formula is C45H20B9N3O21. The summed E-state index contributed by atoms with van der Waals surface area (Å²) in [5, 5.41) is 221. The van der Waals surface area contributed by atoms with Crippen molar-refractivity contribution in [2.45, 2.75) is 0 Å². The molecule has 24 nitrogen and oxygen atoms in total. The van der Waals surface area contributed by atoms with E-state index in [9.17, 15) is 102 Å². The smallest absolute Gasteiger partial charge is 0.200 e. The molecule has 0 unspecified atom stereocenters. The second-order valence-electron chi connectivity index (χ2n) is 16.9. The molecule has 0 aliphatic heterocycles. The lowest BCUT2D eigenvalue weighted by Gasteiger charge is -2.21. The molecular weight excluding hydrogens is 1020 g/mol.